The van der Waals surface area contributed by atoms with Crippen LogP contribution in [-0.2, 0) is 12.9 Å². The summed E-state index contributed by atoms with van der Waals surface area (Å²) < 4.78 is 8.69. The molecule has 2 rings (SSSR count). The van der Waals surface area contributed by atoms with E-state index in [1.807, 2.05) is 38.2 Å². The van der Waals surface area contributed by atoms with Gasteiger partial charge in [0.25, 0.3) is 0 Å². The molecule has 2 aromatic rings. The molecular formula is C12H12ClIN2O. The van der Waals surface area contributed by atoms with Crippen molar-refractivity contribution in [1.82, 2.24) is 9.78 Å². The van der Waals surface area contributed by atoms with Gasteiger partial charge in [-0.2, -0.15) is 5.10 Å². The van der Waals surface area contributed by atoms with E-state index in [2.05, 4.69) is 27.7 Å². The molecule has 0 aliphatic carbocycles. The fourth-order valence-corrected chi connectivity index (χ4v) is 2.43. The Labute approximate surface area is 119 Å². The van der Waals surface area contributed by atoms with Gasteiger partial charge in [-0.3, -0.25) is 0 Å². The minimum atomic E-state index is 0.402. The van der Waals surface area contributed by atoms with E-state index in [-0.39, 0.29) is 0 Å². The lowest BCUT2D eigenvalue weighted by molar-refractivity contribution is 0.427. The molecule has 3 nitrogen and oxygen atoms in total. The number of halogens is 2. The molecule has 0 aliphatic heterocycles. The molecule has 0 aliphatic rings. The molecule has 1 heterocycles. The molecule has 0 saturated carbocycles. The summed E-state index contributed by atoms with van der Waals surface area (Å²) in [6, 6.07) is 7.87. The number of aromatic nitrogens is 2. The van der Waals surface area contributed by atoms with Crippen LogP contribution in [0.15, 0.2) is 24.3 Å². The Morgan fingerprint density at radius 1 is 1.47 bits per heavy atom. The Morgan fingerprint density at radius 2 is 2.24 bits per heavy atom. The van der Waals surface area contributed by atoms with Crippen molar-refractivity contribution in [2.45, 2.75) is 12.8 Å². The van der Waals surface area contributed by atoms with Crippen molar-refractivity contribution in [3.8, 4) is 11.6 Å². The smallest absolute Gasteiger partial charge is 0.222 e. The molecule has 0 saturated heterocycles. The Hall–Kier alpha value is -0.750. The fourth-order valence-electron chi connectivity index (χ4n) is 1.60. The number of hydrogen-bond acceptors (Lipinski definition) is 2. The van der Waals surface area contributed by atoms with Crippen LogP contribution >= 0.6 is 34.2 Å². The molecule has 17 heavy (non-hydrogen) atoms. The number of nitrogens with zero attached hydrogens (tertiary/aromatic N) is 2. The highest BCUT2D eigenvalue weighted by Crippen LogP contribution is 2.28. The first-order valence-corrected chi connectivity index (χ1v) is 6.75. The second-order valence-corrected chi connectivity index (χ2v) is 5.20. The summed E-state index contributed by atoms with van der Waals surface area (Å²) in [7, 11) is 1.85. The molecule has 0 atom stereocenters. The summed E-state index contributed by atoms with van der Waals surface area (Å²) in [5.74, 6) is 1.91. The number of hydrogen-bond donors (Lipinski definition) is 0. The third-order valence-corrected chi connectivity index (χ3v) is 3.37. The Bertz CT molecular complexity index is 539. The monoisotopic (exact) mass is 362 g/mol. The minimum absolute atomic E-state index is 0.402. The number of aryl methyl sites for hydroxylation is 2. The maximum Gasteiger partial charge on any atom is 0.222 e. The maximum atomic E-state index is 5.91. The van der Waals surface area contributed by atoms with E-state index in [0.29, 0.717) is 11.8 Å². The minimum Gasteiger partial charge on any atom is -0.439 e. The molecule has 0 unspecified atom stereocenters. The van der Waals surface area contributed by atoms with Crippen LogP contribution < -0.4 is 4.74 Å². The predicted molar refractivity (Wildman–Crippen MR) is 76.7 cm³/mol. The zero-order valence-electron chi connectivity index (χ0n) is 9.58. The molecule has 0 amide bonds. The lowest BCUT2D eigenvalue weighted by Crippen LogP contribution is -1.96. The molecule has 0 radical (unpaired) electrons. The van der Waals surface area contributed by atoms with Crippen LogP contribution in [-0.4, -0.2) is 9.78 Å². The second-order valence-electron chi connectivity index (χ2n) is 3.69. The molecule has 1 aromatic carbocycles. The lowest BCUT2D eigenvalue weighted by Gasteiger charge is -2.07. The number of benzene rings is 1. The fraction of sp³-hybridized carbons (Fsp3) is 0.250. The van der Waals surface area contributed by atoms with Crippen molar-refractivity contribution < 1.29 is 4.74 Å². The highest BCUT2D eigenvalue weighted by molar-refractivity contribution is 14.1. The highest BCUT2D eigenvalue weighted by Gasteiger charge is 2.14. The summed E-state index contributed by atoms with van der Waals surface area (Å²) in [5.41, 5.74) is 1.84. The average Bonchev–Trinajstić information content (AvgIpc) is 2.53. The van der Waals surface area contributed by atoms with Gasteiger partial charge in [0, 0.05) is 10.6 Å². The van der Waals surface area contributed by atoms with Crippen LogP contribution in [0.1, 0.15) is 11.3 Å². The van der Waals surface area contributed by atoms with Crippen LogP contribution in [0.4, 0.5) is 0 Å². The van der Waals surface area contributed by atoms with E-state index >= 15 is 0 Å². The van der Waals surface area contributed by atoms with Gasteiger partial charge in [-0.1, -0.05) is 6.07 Å². The van der Waals surface area contributed by atoms with Crippen molar-refractivity contribution in [3.05, 3.63) is 39.1 Å². The number of alkyl halides is 1. The molecule has 1 aromatic heterocycles. The lowest BCUT2D eigenvalue weighted by atomic mass is 10.3. The van der Waals surface area contributed by atoms with E-state index in [0.717, 1.165) is 20.6 Å². The molecule has 5 heteroatoms. The van der Waals surface area contributed by atoms with E-state index in [9.17, 15) is 0 Å². The van der Waals surface area contributed by atoms with Crippen molar-refractivity contribution in [3.63, 3.8) is 0 Å². The Kier molecular flexibility index (Phi) is 3.93. The van der Waals surface area contributed by atoms with E-state index in [1.54, 1.807) is 4.68 Å². The second kappa shape index (κ2) is 5.27. The maximum absolute atomic E-state index is 5.91. The van der Waals surface area contributed by atoms with Gasteiger partial charge >= 0.3 is 0 Å². The summed E-state index contributed by atoms with van der Waals surface area (Å²) in [4.78, 5) is 0. The van der Waals surface area contributed by atoms with Crippen LogP contribution in [0.25, 0.3) is 0 Å². The van der Waals surface area contributed by atoms with Crippen molar-refractivity contribution in [1.29, 1.82) is 0 Å². The van der Waals surface area contributed by atoms with Crippen LogP contribution in [0, 0.1) is 10.5 Å². The molecule has 0 bridgehead atoms. The molecule has 90 valence electrons. The van der Waals surface area contributed by atoms with Crippen molar-refractivity contribution in [2.75, 3.05) is 0 Å². The zero-order valence-corrected chi connectivity index (χ0v) is 12.5. The van der Waals surface area contributed by atoms with Gasteiger partial charge in [-0.25, -0.2) is 4.68 Å². The standard InChI is InChI=1S/C12H12ClIN2O/c1-8-11(7-13)12(16(2)15-8)17-10-5-3-4-9(14)6-10/h3-6H,7H2,1-2H3. The highest BCUT2D eigenvalue weighted by atomic mass is 127. The van der Waals surface area contributed by atoms with E-state index in [1.165, 1.54) is 0 Å². The largest absolute Gasteiger partial charge is 0.439 e. The summed E-state index contributed by atoms with van der Waals surface area (Å²) in [6.07, 6.45) is 0. The number of ether oxygens (including phenoxy) is 1. The molecular weight excluding hydrogens is 351 g/mol. The van der Waals surface area contributed by atoms with Crippen LogP contribution in [0.3, 0.4) is 0 Å². The van der Waals surface area contributed by atoms with Gasteiger partial charge in [0.05, 0.1) is 17.1 Å². The van der Waals surface area contributed by atoms with Gasteiger partial charge in [-0.15, -0.1) is 11.6 Å². The van der Waals surface area contributed by atoms with Gasteiger partial charge in [-0.05, 0) is 47.7 Å². The molecule has 0 spiro atoms. The van der Waals surface area contributed by atoms with Crippen molar-refractivity contribution in [2.24, 2.45) is 7.05 Å². The first-order chi connectivity index (χ1) is 8.11. The Balaban J connectivity index is 2.36. The van der Waals surface area contributed by atoms with Gasteiger partial charge in [0.15, 0.2) is 0 Å². The first-order valence-electron chi connectivity index (χ1n) is 5.13. The van der Waals surface area contributed by atoms with E-state index < -0.39 is 0 Å². The quantitative estimate of drug-likeness (QED) is 0.612. The third-order valence-electron chi connectivity index (χ3n) is 2.43. The third kappa shape index (κ3) is 2.74. The van der Waals surface area contributed by atoms with Crippen molar-refractivity contribution >= 4 is 34.2 Å². The number of rotatable bonds is 3. The summed E-state index contributed by atoms with van der Waals surface area (Å²) >= 11 is 8.16. The molecule has 0 N–H and O–H groups in total. The Morgan fingerprint density at radius 3 is 2.88 bits per heavy atom. The summed E-state index contributed by atoms with van der Waals surface area (Å²) in [6.45, 7) is 1.93. The van der Waals surface area contributed by atoms with Crippen LogP contribution in [0.2, 0.25) is 0 Å². The normalized spacial score (nSPS) is 10.6. The van der Waals surface area contributed by atoms with E-state index in [4.69, 9.17) is 16.3 Å². The summed E-state index contributed by atoms with van der Waals surface area (Å²) in [5, 5.41) is 4.31. The predicted octanol–water partition coefficient (Wildman–Crippen LogP) is 3.86. The van der Waals surface area contributed by atoms with Crippen LogP contribution in [0.5, 0.6) is 11.6 Å². The van der Waals surface area contributed by atoms with Gasteiger partial charge in [0.1, 0.15) is 5.75 Å². The van der Waals surface area contributed by atoms with Gasteiger partial charge in [0.2, 0.25) is 5.88 Å². The topological polar surface area (TPSA) is 27.1 Å². The first kappa shape index (κ1) is 12.7. The SMILES string of the molecule is Cc1nn(C)c(Oc2cccc(I)c2)c1CCl. The molecule has 0 fully saturated rings. The zero-order chi connectivity index (χ0) is 12.4. The average molecular weight is 363 g/mol. The van der Waals surface area contributed by atoms with Gasteiger partial charge < -0.3 is 4.74 Å².